The van der Waals surface area contributed by atoms with Gasteiger partial charge < -0.3 is 25.0 Å². The third kappa shape index (κ3) is 5.61. The molecule has 29 heavy (non-hydrogen) atoms. The monoisotopic (exact) mass is 411 g/mol. The fourth-order valence-electron chi connectivity index (χ4n) is 3.83. The maximum Gasteiger partial charge on any atom is 0.408 e. The van der Waals surface area contributed by atoms with Gasteiger partial charge in [0.1, 0.15) is 17.7 Å². The Labute approximate surface area is 171 Å². The SMILES string of the molecule is CC(C)(C)OC(=O)N[C@H]1CN(C(=O)C(C)(C)C)CC[C@H]2CC[C@@H](C(=O)O)N2C1=O. The topological polar surface area (TPSA) is 116 Å². The van der Waals surface area contributed by atoms with Crippen molar-refractivity contribution in [1.82, 2.24) is 15.1 Å². The van der Waals surface area contributed by atoms with Crippen LogP contribution in [-0.4, -0.2) is 75.6 Å². The summed E-state index contributed by atoms with van der Waals surface area (Å²) in [6.45, 7) is 10.9. The second kappa shape index (κ2) is 8.20. The lowest BCUT2D eigenvalue weighted by molar-refractivity contribution is -0.153. The molecule has 0 spiro atoms. The van der Waals surface area contributed by atoms with Gasteiger partial charge in [0, 0.05) is 18.0 Å². The summed E-state index contributed by atoms with van der Waals surface area (Å²) in [6.07, 6.45) is 0.649. The van der Waals surface area contributed by atoms with E-state index in [1.807, 2.05) is 0 Å². The first kappa shape index (κ1) is 23.0. The summed E-state index contributed by atoms with van der Waals surface area (Å²) in [5.74, 6) is -1.67. The van der Waals surface area contributed by atoms with Crippen molar-refractivity contribution in [1.29, 1.82) is 0 Å². The molecule has 3 amide bonds. The van der Waals surface area contributed by atoms with Crippen molar-refractivity contribution < 1.29 is 29.0 Å². The zero-order valence-electron chi connectivity index (χ0n) is 18.2. The van der Waals surface area contributed by atoms with Gasteiger partial charge in [-0.05, 0) is 40.0 Å². The van der Waals surface area contributed by atoms with Crippen LogP contribution in [0.15, 0.2) is 0 Å². The summed E-state index contributed by atoms with van der Waals surface area (Å²) in [7, 11) is 0. The van der Waals surface area contributed by atoms with Crippen LogP contribution in [0, 0.1) is 5.41 Å². The number of carbonyl (C=O) groups excluding carboxylic acids is 3. The number of carboxylic acid groups (broad SMARTS) is 1. The molecule has 2 saturated heterocycles. The molecule has 0 aromatic rings. The van der Waals surface area contributed by atoms with Gasteiger partial charge in [-0.2, -0.15) is 0 Å². The van der Waals surface area contributed by atoms with Crippen molar-refractivity contribution in [3.63, 3.8) is 0 Å². The molecule has 0 radical (unpaired) electrons. The molecule has 2 aliphatic rings. The number of ether oxygens (including phenoxy) is 1. The largest absolute Gasteiger partial charge is 0.480 e. The molecule has 164 valence electrons. The van der Waals surface area contributed by atoms with Gasteiger partial charge in [-0.25, -0.2) is 9.59 Å². The van der Waals surface area contributed by atoms with Crippen LogP contribution in [0.25, 0.3) is 0 Å². The minimum absolute atomic E-state index is 0.0241. The molecule has 0 saturated carbocycles. The van der Waals surface area contributed by atoms with Gasteiger partial charge in [-0.1, -0.05) is 20.8 Å². The predicted octanol–water partition coefficient (Wildman–Crippen LogP) is 1.60. The average molecular weight is 411 g/mol. The summed E-state index contributed by atoms with van der Waals surface area (Å²) < 4.78 is 5.27. The Morgan fingerprint density at radius 3 is 2.21 bits per heavy atom. The van der Waals surface area contributed by atoms with E-state index in [1.165, 1.54) is 4.90 Å². The first-order valence-electron chi connectivity index (χ1n) is 10.0. The maximum atomic E-state index is 13.3. The molecule has 0 bridgehead atoms. The minimum Gasteiger partial charge on any atom is -0.480 e. The highest BCUT2D eigenvalue weighted by Gasteiger charge is 2.46. The molecule has 2 rings (SSSR count). The second-order valence-electron chi connectivity index (χ2n) is 9.82. The molecule has 2 N–H and O–H groups in total. The van der Waals surface area contributed by atoms with Crippen LogP contribution < -0.4 is 5.32 Å². The third-order valence-electron chi connectivity index (χ3n) is 5.10. The number of fused-ring (bicyclic) bond motifs is 1. The van der Waals surface area contributed by atoms with E-state index in [1.54, 1.807) is 46.4 Å². The van der Waals surface area contributed by atoms with Gasteiger partial charge in [-0.15, -0.1) is 0 Å². The van der Waals surface area contributed by atoms with E-state index in [-0.39, 0.29) is 18.5 Å². The number of aliphatic carboxylic acids is 1. The predicted molar refractivity (Wildman–Crippen MR) is 105 cm³/mol. The van der Waals surface area contributed by atoms with Crippen LogP contribution in [0.4, 0.5) is 4.79 Å². The summed E-state index contributed by atoms with van der Waals surface area (Å²) in [5, 5.41) is 12.1. The van der Waals surface area contributed by atoms with Crippen LogP contribution in [0.5, 0.6) is 0 Å². The van der Waals surface area contributed by atoms with Crippen LogP contribution >= 0.6 is 0 Å². The number of amides is 3. The Bertz CT molecular complexity index is 679. The molecule has 0 aromatic carbocycles. The molecule has 0 aromatic heterocycles. The highest BCUT2D eigenvalue weighted by Crippen LogP contribution is 2.30. The van der Waals surface area contributed by atoms with E-state index >= 15 is 0 Å². The smallest absolute Gasteiger partial charge is 0.408 e. The minimum atomic E-state index is -1.07. The van der Waals surface area contributed by atoms with Crippen LogP contribution in [0.1, 0.15) is 60.8 Å². The quantitative estimate of drug-likeness (QED) is 0.713. The molecule has 3 atom stereocenters. The summed E-state index contributed by atoms with van der Waals surface area (Å²) in [6, 6.07) is -2.26. The maximum absolute atomic E-state index is 13.3. The Kier molecular flexibility index (Phi) is 6.49. The summed E-state index contributed by atoms with van der Waals surface area (Å²) in [5.41, 5.74) is -1.40. The number of carboxylic acids is 1. The number of rotatable bonds is 2. The molecule has 2 aliphatic heterocycles. The Balaban J connectivity index is 2.32. The van der Waals surface area contributed by atoms with Crippen LogP contribution in [-0.2, 0) is 19.1 Å². The lowest BCUT2D eigenvalue weighted by Gasteiger charge is -2.39. The van der Waals surface area contributed by atoms with Crippen molar-refractivity contribution in [3.05, 3.63) is 0 Å². The van der Waals surface area contributed by atoms with E-state index < -0.39 is 41.1 Å². The molecule has 0 unspecified atom stereocenters. The fourth-order valence-corrected chi connectivity index (χ4v) is 3.83. The second-order valence-corrected chi connectivity index (χ2v) is 9.82. The van der Waals surface area contributed by atoms with Gasteiger partial charge in [0.2, 0.25) is 11.8 Å². The molecule has 9 nitrogen and oxygen atoms in total. The van der Waals surface area contributed by atoms with Crippen molar-refractivity contribution in [2.75, 3.05) is 13.1 Å². The number of alkyl carbamates (subject to hydrolysis) is 1. The Morgan fingerprint density at radius 1 is 1.07 bits per heavy atom. The fraction of sp³-hybridized carbons (Fsp3) is 0.800. The van der Waals surface area contributed by atoms with E-state index in [0.717, 1.165) is 0 Å². The summed E-state index contributed by atoms with van der Waals surface area (Å²) >= 11 is 0. The van der Waals surface area contributed by atoms with Gasteiger partial charge in [0.05, 0.1) is 6.54 Å². The highest BCUT2D eigenvalue weighted by atomic mass is 16.6. The molecule has 2 heterocycles. The first-order valence-corrected chi connectivity index (χ1v) is 10.0. The Hall–Kier alpha value is -2.32. The van der Waals surface area contributed by atoms with Crippen molar-refractivity contribution in [2.45, 2.75) is 84.5 Å². The van der Waals surface area contributed by atoms with Crippen molar-refractivity contribution in [3.8, 4) is 0 Å². The average Bonchev–Trinajstić information content (AvgIpc) is 2.96. The molecule has 9 heteroatoms. The molecule has 0 aliphatic carbocycles. The first-order chi connectivity index (χ1) is 13.2. The van der Waals surface area contributed by atoms with Crippen molar-refractivity contribution in [2.24, 2.45) is 5.41 Å². The van der Waals surface area contributed by atoms with Gasteiger partial charge >= 0.3 is 12.1 Å². The lowest BCUT2D eigenvalue weighted by Crippen LogP contribution is -2.61. The standard InChI is InChI=1S/C20H33N3O6/c1-19(2,3)17(27)22-10-9-12-7-8-14(16(25)26)23(12)15(24)13(11-22)21-18(28)29-20(4,5)6/h12-14H,7-11H2,1-6H3,(H,21,28)(H,25,26)/t12-,13+,14+/m1/s1. The van der Waals surface area contributed by atoms with Crippen molar-refractivity contribution >= 4 is 23.9 Å². The van der Waals surface area contributed by atoms with E-state index in [9.17, 15) is 24.3 Å². The third-order valence-corrected chi connectivity index (χ3v) is 5.10. The molecule has 2 fully saturated rings. The van der Waals surface area contributed by atoms with E-state index in [0.29, 0.717) is 25.8 Å². The van der Waals surface area contributed by atoms with Crippen LogP contribution in [0.2, 0.25) is 0 Å². The van der Waals surface area contributed by atoms with E-state index in [2.05, 4.69) is 5.32 Å². The van der Waals surface area contributed by atoms with Gasteiger partial charge in [0.15, 0.2) is 0 Å². The lowest BCUT2D eigenvalue weighted by atomic mass is 9.93. The highest BCUT2D eigenvalue weighted by molar-refractivity contribution is 5.91. The number of nitrogens with one attached hydrogen (secondary N) is 1. The van der Waals surface area contributed by atoms with E-state index in [4.69, 9.17) is 4.74 Å². The Morgan fingerprint density at radius 2 is 1.69 bits per heavy atom. The molecular weight excluding hydrogens is 378 g/mol. The number of hydrogen-bond donors (Lipinski definition) is 2. The normalized spacial score (nSPS) is 25.7. The zero-order valence-corrected chi connectivity index (χ0v) is 18.2. The zero-order chi connectivity index (χ0) is 22.1. The summed E-state index contributed by atoms with van der Waals surface area (Å²) in [4.78, 5) is 53.1. The number of carbonyl (C=O) groups is 4. The molecular formula is C20H33N3O6. The number of hydrogen-bond acceptors (Lipinski definition) is 5. The number of nitrogens with zero attached hydrogens (tertiary/aromatic N) is 2. The van der Waals surface area contributed by atoms with Crippen LogP contribution in [0.3, 0.4) is 0 Å². The van der Waals surface area contributed by atoms with Gasteiger partial charge in [0.25, 0.3) is 0 Å². The van der Waals surface area contributed by atoms with Gasteiger partial charge in [-0.3, -0.25) is 9.59 Å².